The minimum atomic E-state index is -0.531. The van der Waals surface area contributed by atoms with E-state index in [0.717, 1.165) is 6.42 Å². The van der Waals surface area contributed by atoms with Crippen LogP contribution in [0.2, 0.25) is 5.02 Å². The average molecular weight is 420 g/mol. The molecule has 0 radical (unpaired) electrons. The molecule has 1 heterocycles. The minimum absolute atomic E-state index is 0.0430. The van der Waals surface area contributed by atoms with Crippen LogP contribution in [0.3, 0.4) is 0 Å². The molecule has 0 fully saturated rings. The summed E-state index contributed by atoms with van der Waals surface area (Å²) in [5, 5.41) is 8.35. The molecule has 150 valence electrons. The molecular weight excluding hydrogens is 401 g/mol. The molecule has 1 amide bonds. The van der Waals surface area contributed by atoms with Gasteiger partial charge in [0.25, 0.3) is 5.91 Å². The molecule has 3 aromatic carbocycles. The summed E-state index contributed by atoms with van der Waals surface area (Å²) in [6.07, 6.45) is 2.40. The number of hydrogen-bond donors (Lipinski definition) is 2. The molecule has 0 unspecified atom stereocenters. The monoisotopic (exact) mass is 419 g/mol. The Morgan fingerprint density at radius 1 is 0.967 bits per heavy atom. The van der Waals surface area contributed by atoms with Gasteiger partial charge in [0.2, 0.25) is 0 Å². The van der Waals surface area contributed by atoms with Crippen molar-refractivity contribution in [3.63, 3.8) is 0 Å². The highest BCUT2D eigenvalue weighted by Crippen LogP contribution is 2.20. The highest BCUT2D eigenvalue weighted by molar-refractivity contribution is 6.31. The van der Waals surface area contributed by atoms with Crippen molar-refractivity contribution in [2.24, 2.45) is 0 Å². The molecule has 0 aliphatic rings. The molecule has 1 aromatic heterocycles. The fourth-order valence-corrected chi connectivity index (χ4v) is 3.36. The van der Waals surface area contributed by atoms with E-state index in [4.69, 9.17) is 11.6 Å². The molecule has 2 N–H and O–H groups in total. The van der Waals surface area contributed by atoms with Crippen LogP contribution in [0.5, 0.6) is 0 Å². The number of halogens is 2. The molecule has 0 saturated carbocycles. The lowest BCUT2D eigenvalue weighted by Gasteiger charge is -2.09. The summed E-state index contributed by atoms with van der Waals surface area (Å²) in [6.45, 7) is 0.685. The van der Waals surface area contributed by atoms with Gasteiger partial charge < -0.3 is 10.6 Å². The first kappa shape index (κ1) is 19.9. The lowest BCUT2D eigenvalue weighted by atomic mass is 10.1. The molecule has 0 spiro atoms. The molecular formula is C24H19ClFN3O. The zero-order chi connectivity index (χ0) is 20.9. The quantitative estimate of drug-likeness (QED) is 0.407. The Kier molecular flexibility index (Phi) is 5.91. The Labute approximate surface area is 178 Å². The van der Waals surface area contributed by atoms with Crippen LogP contribution in [0.25, 0.3) is 10.8 Å². The van der Waals surface area contributed by atoms with E-state index in [-0.39, 0.29) is 10.9 Å². The van der Waals surface area contributed by atoms with E-state index in [2.05, 4.69) is 45.9 Å². The molecule has 0 aliphatic carbocycles. The lowest BCUT2D eigenvalue weighted by Crippen LogP contribution is -2.13. The molecule has 30 heavy (non-hydrogen) atoms. The molecule has 4 aromatic rings. The molecule has 4 rings (SSSR count). The van der Waals surface area contributed by atoms with E-state index in [1.54, 1.807) is 18.3 Å². The topological polar surface area (TPSA) is 54.0 Å². The van der Waals surface area contributed by atoms with E-state index in [1.165, 1.54) is 34.5 Å². The Balaban J connectivity index is 1.37. The summed E-state index contributed by atoms with van der Waals surface area (Å²) in [4.78, 5) is 16.8. The van der Waals surface area contributed by atoms with Gasteiger partial charge in [0.05, 0.1) is 5.02 Å². The van der Waals surface area contributed by atoms with Crippen LogP contribution in [-0.4, -0.2) is 17.4 Å². The van der Waals surface area contributed by atoms with Crippen molar-refractivity contribution in [2.45, 2.75) is 6.42 Å². The van der Waals surface area contributed by atoms with Crippen LogP contribution >= 0.6 is 11.6 Å². The van der Waals surface area contributed by atoms with Gasteiger partial charge in [-0.05, 0) is 53.1 Å². The summed E-state index contributed by atoms with van der Waals surface area (Å²) in [6, 6.07) is 22.0. The molecule has 0 aliphatic heterocycles. The van der Waals surface area contributed by atoms with Gasteiger partial charge in [0.15, 0.2) is 0 Å². The number of hydrogen-bond acceptors (Lipinski definition) is 3. The lowest BCUT2D eigenvalue weighted by molar-refractivity contribution is 0.102. The summed E-state index contributed by atoms with van der Waals surface area (Å²) in [5.41, 5.74) is 2.09. The van der Waals surface area contributed by atoms with Crippen molar-refractivity contribution in [2.75, 3.05) is 17.2 Å². The van der Waals surface area contributed by atoms with Gasteiger partial charge in [-0.15, -0.1) is 0 Å². The summed E-state index contributed by atoms with van der Waals surface area (Å²) in [5.74, 6) is -0.241. The van der Waals surface area contributed by atoms with E-state index in [1.807, 2.05) is 12.1 Å². The number of anilines is 2. The van der Waals surface area contributed by atoms with Gasteiger partial charge in [-0.2, -0.15) is 0 Å². The van der Waals surface area contributed by atoms with Gasteiger partial charge in [-0.25, -0.2) is 9.37 Å². The van der Waals surface area contributed by atoms with Crippen molar-refractivity contribution in [3.8, 4) is 0 Å². The molecule has 6 heteroatoms. The maximum absolute atomic E-state index is 13.3. The first-order valence-electron chi connectivity index (χ1n) is 9.52. The maximum Gasteiger partial charge on any atom is 0.255 e. The number of amides is 1. The molecule has 0 atom stereocenters. The Bertz CT molecular complexity index is 1210. The van der Waals surface area contributed by atoms with E-state index < -0.39 is 5.82 Å². The molecule has 0 bridgehead atoms. The van der Waals surface area contributed by atoms with Gasteiger partial charge in [0, 0.05) is 24.0 Å². The van der Waals surface area contributed by atoms with E-state index in [0.29, 0.717) is 23.6 Å². The van der Waals surface area contributed by atoms with Crippen molar-refractivity contribution >= 4 is 39.8 Å². The fourth-order valence-electron chi connectivity index (χ4n) is 3.17. The summed E-state index contributed by atoms with van der Waals surface area (Å²) in [7, 11) is 0. The van der Waals surface area contributed by atoms with Gasteiger partial charge in [0.1, 0.15) is 11.6 Å². The van der Waals surface area contributed by atoms with Crippen LogP contribution in [0.4, 0.5) is 15.9 Å². The molecule has 0 saturated heterocycles. The number of pyridine rings is 1. The van der Waals surface area contributed by atoms with Crippen molar-refractivity contribution < 1.29 is 9.18 Å². The normalized spacial score (nSPS) is 10.7. The third-order valence-corrected chi connectivity index (χ3v) is 5.02. The number of carbonyl (C=O) groups excluding carboxylic acids is 1. The van der Waals surface area contributed by atoms with Crippen molar-refractivity contribution in [3.05, 3.63) is 101 Å². The van der Waals surface area contributed by atoms with Crippen LogP contribution in [0.15, 0.2) is 79.0 Å². The smallest absolute Gasteiger partial charge is 0.255 e. The first-order valence-corrected chi connectivity index (χ1v) is 9.90. The number of carbonyl (C=O) groups is 1. The molecule has 4 nitrogen and oxygen atoms in total. The Morgan fingerprint density at radius 2 is 1.80 bits per heavy atom. The summed E-state index contributed by atoms with van der Waals surface area (Å²) >= 11 is 5.76. The van der Waals surface area contributed by atoms with Gasteiger partial charge in [-0.1, -0.05) is 54.1 Å². The third-order valence-electron chi connectivity index (χ3n) is 4.73. The number of nitrogens with zero attached hydrogens (tertiary/aromatic N) is 1. The highest BCUT2D eigenvalue weighted by Gasteiger charge is 2.09. The first-order chi connectivity index (χ1) is 14.6. The second kappa shape index (κ2) is 8.93. The number of aromatic nitrogens is 1. The number of fused-ring (bicyclic) bond motifs is 1. The third kappa shape index (κ3) is 4.75. The highest BCUT2D eigenvalue weighted by atomic mass is 35.5. The van der Waals surface area contributed by atoms with Crippen LogP contribution in [-0.2, 0) is 6.42 Å². The van der Waals surface area contributed by atoms with Crippen molar-refractivity contribution in [1.82, 2.24) is 4.98 Å². The van der Waals surface area contributed by atoms with Crippen molar-refractivity contribution in [1.29, 1.82) is 0 Å². The van der Waals surface area contributed by atoms with Crippen LogP contribution in [0.1, 0.15) is 15.9 Å². The Morgan fingerprint density at radius 3 is 2.63 bits per heavy atom. The maximum atomic E-state index is 13.3. The second-order valence-corrected chi connectivity index (χ2v) is 7.28. The number of benzene rings is 3. The van der Waals surface area contributed by atoms with E-state index >= 15 is 0 Å². The van der Waals surface area contributed by atoms with Gasteiger partial charge in [-0.3, -0.25) is 4.79 Å². The summed E-state index contributed by atoms with van der Waals surface area (Å²) < 4.78 is 13.3. The van der Waals surface area contributed by atoms with Gasteiger partial charge >= 0.3 is 0 Å². The standard InChI is InChI=1S/C24H19ClFN3O/c25-21-15-20(7-8-22(21)26)29-24(30)19-10-12-28-23(14-19)27-11-9-16-5-6-17-3-1-2-4-18(17)13-16/h1-8,10,12-15H,9,11H2,(H,27,28)(H,29,30). The Hall–Kier alpha value is -3.44. The van der Waals surface area contributed by atoms with E-state index in [9.17, 15) is 9.18 Å². The average Bonchev–Trinajstić information content (AvgIpc) is 2.76. The number of rotatable bonds is 6. The zero-order valence-electron chi connectivity index (χ0n) is 16.0. The predicted octanol–water partition coefficient (Wildman–Crippen LogP) is 5.93. The largest absolute Gasteiger partial charge is 0.370 e. The zero-order valence-corrected chi connectivity index (χ0v) is 16.8. The fraction of sp³-hybridized carbons (Fsp3) is 0.0833. The number of nitrogens with one attached hydrogen (secondary N) is 2. The predicted molar refractivity (Wildman–Crippen MR) is 120 cm³/mol. The second-order valence-electron chi connectivity index (χ2n) is 6.87. The van der Waals surface area contributed by atoms with Crippen LogP contribution < -0.4 is 10.6 Å². The SMILES string of the molecule is O=C(Nc1ccc(F)c(Cl)c1)c1ccnc(NCCc2ccc3ccccc3c2)c1. The minimum Gasteiger partial charge on any atom is -0.370 e. The van der Waals surface area contributed by atoms with Crippen LogP contribution in [0, 0.1) is 5.82 Å².